The van der Waals surface area contributed by atoms with Crippen molar-refractivity contribution in [3.63, 3.8) is 0 Å². The third-order valence-corrected chi connectivity index (χ3v) is 4.90. The first-order valence-electron chi connectivity index (χ1n) is 9.16. The van der Waals surface area contributed by atoms with Gasteiger partial charge in [0.2, 0.25) is 5.91 Å². The van der Waals surface area contributed by atoms with Crippen LogP contribution < -0.4 is 5.32 Å². The van der Waals surface area contributed by atoms with E-state index < -0.39 is 0 Å². The molecule has 0 unspecified atom stereocenters. The van der Waals surface area contributed by atoms with Gasteiger partial charge in [-0.15, -0.1) is 0 Å². The van der Waals surface area contributed by atoms with Crippen molar-refractivity contribution < 1.29 is 14.0 Å². The Morgan fingerprint density at radius 3 is 2.40 bits per heavy atom. The van der Waals surface area contributed by atoms with Crippen LogP contribution in [0.25, 0.3) is 0 Å². The molecule has 1 aliphatic heterocycles. The van der Waals surface area contributed by atoms with Crippen LogP contribution in [-0.4, -0.2) is 60.9 Å². The largest absolute Gasteiger partial charge is 0.352 e. The lowest BCUT2D eigenvalue weighted by Crippen LogP contribution is -2.49. The maximum atomic E-state index is 12.8. The highest BCUT2D eigenvalue weighted by Gasteiger charge is 2.27. The number of nitrogens with one attached hydrogen (secondary N) is 1. The van der Waals surface area contributed by atoms with Gasteiger partial charge in [-0.1, -0.05) is 0 Å². The predicted molar refractivity (Wildman–Crippen MR) is 93.7 cm³/mol. The molecule has 6 heteroatoms. The Labute approximate surface area is 148 Å². The lowest BCUT2D eigenvalue weighted by molar-refractivity contribution is -0.133. The second-order valence-corrected chi connectivity index (χ2v) is 6.99. The van der Waals surface area contributed by atoms with Crippen LogP contribution in [0.2, 0.25) is 0 Å². The molecule has 2 fully saturated rings. The molecule has 0 radical (unpaired) electrons. The van der Waals surface area contributed by atoms with E-state index >= 15 is 0 Å². The molecule has 0 aromatic heterocycles. The average molecular weight is 347 g/mol. The Hall–Kier alpha value is -1.95. The fourth-order valence-electron chi connectivity index (χ4n) is 3.15. The van der Waals surface area contributed by atoms with Crippen molar-refractivity contribution in [2.75, 3.05) is 39.3 Å². The smallest absolute Gasteiger partial charge is 0.251 e. The van der Waals surface area contributed by atoms with Gasteiger partial charge in [0.25, 0.3) is 5.91 Å². The third kappa shape index (κ3) is 5.53. The highest BCUT2D eigenvalue weighted by molar-refractivity contribution is 5.94. The zero-order valence-corrected chi connectivity index (χ0v) is 14.5. The van der Waals surface area contributed by atoms with Gasteiger partial charge in [0.1, 0.15) is 5.82 Å². The van der Waals surface area contributed by atoms with E-state index in [9.17, 15) is 14.0 Å². The van der Waals surface area contributed by atoms with Crippen LogP contribution in [0.1, 0.15) is 36.0 Å². The standard InChI is InChI=1S/C19H26FN3O2/c20-17-7-5-16(6-8-17)19(25)21-9-1-2-18(24)23-12-10-22(11-13-23)14-15-3-4-15/h5-8,15H,1-4,9-14H2,(H,21,25). The number of hydrogen-bond acceptors (Lipinski definition) is 3. The summed E-state index contributed by atoms with van der Waals surface area (Å²) in [6.07, 6.45) is 3.80. The number of nitrogens with zero attached hydrogens (tertiary/aromatic N) is 2. The summed E-state index contributed by atoms with van der Waals surface area (Å²) >= 11 is 0. The minimum absolute atomic E-state index is 0.169. The monoisotopic (exact) mass is 347 g/mol. The molecule has 1 aromatic carbocycles. The van der Waals surface area contributed by atoms with E-state index in [-0.39, 0.29) is 17.6 Å². The molecule has 0 atom stereocenters. The predicted octanol–water partition coefficient (Wildman–Crippen LogP) is 1.89. The molecule has 25 heavy (non-hydrogen) atoms. The van der Waals surface area contributed by atoms with Crippen molar-refractivity contribution in [1.29, 1.82) is 0 Å². The molecule has 0 bridgehead atoms. The molecule has 2 aliphatic rings. The molecule has 2 amide bonds. The number of hydrogen-bond donors (Lipinski definition) is 1. The van der Waals surface area contributed by atoms with E-state index in [4.69, 9.17) is 0 Å². The highest BCUT2D eigenvalue weighted by Crippen LogP contribution is 2.29. The number of amides is 2. The van der Waals surface area contributed by atoms with E-state index in [1.165, 1.54) is 43.7 Å². The normalized spacial score (nSPS) is 18.2. The zero-order chi connectivity index (χ0) is 17.6. The van der Waals surface area contributed by atoms with Crippen LogP contribution in [0.3, 0.4) is 0 Å². The Morgan fingerprint density at radius 2 is 1.76 bits per heavy atom. The lowest BCUT2D eigenvalue weighted by Gasteiger charge is -2.34. The van der Waals surface area contributed by atoms with E-state index in [1.54, 1.807) is 0 Å². The SMILES string of the molecule is O=C(NCCCC(=O)N1CCN(CC2CC2)CC1)c1ccc(F)cc1. The van der Waals surface area contributed by atoms with Crippen LogP contribution in [-0.2, 0) is 4.79 Å². The van der Waals surface area contributed by atoms with E-state index in [0.29, 0.717) is 24.9 Å². The average Bonchev–Trinajstić information content (AvgIpc) is 3.43. The van der Waals surface area contributed by atoms with E-state index in [1.807, 2.05) is 4.90 Å². The molecule has 1 heterocycles. The Kier molecular flexibility index (Phi) is 6.02. The van der Waals surface area contributed by atoms with Crippen molar-refractivity contribution in [2.45, 2.75) is 25.7 Å². The van der Waals surface area contributed by atoms with Crippen LogP contribution in [0.4, 0.5) is 4.39 Å². The van der Waals surface area contributed by atoms with E-state index in [0.717, 1.165) is 32.1 Å². The summed E-state index contributed by atoms with van der Waals surface area (Å²) in [6, 6.07) is 5.44. The molecule has 1 saturated carbocycles. The quantitative estimate of drug-likeness (QED) is 0.767. The molecule has 1 saturated heterocycles. The molecule has 136 valence electrons. The minimum Gasteiger partial charge on any atom is -0.352 e. The van der Waals surface area contributed by atoms with Crippen LogP contribution >= 0.6 is 0 Å². The first-order valence-corrected chi connectivity index (χ1v) is 9.16. The molecule has 5 nitrogen and oxygen atoms in total. The molecular formula is C19H26FN3O2. The zero-order valence-electron chi connectivity index (χ0n) is 14.5. The molecule has 1 N–H and O–H groups in total. The van der Waals surface area contributed by atoms with Crippen molar-refractivity contribution >= 4 is 11.8 Å². The summed E-state index contributed by atoms with van der Waals surface area (Å²) in [5.74, 6) is 0.467. The van der Waals surface area contributed by atoms with Gasteiger partial charge in [-0.3, -0.25) is 14.5 Å². The van der Waals surface area contributed by atoms with Crippen molar-refractivity contribution in [1.82, 2.24) is 15.1 Å². The first-order chi connectivity index (χ1) is 12.1. The van der Waals surface area contributed by atoms with E-state index in [2.05, 4.69) is 10.2 Å². The van der Waals surface area contributed by atoms with Crippen molar-refractivity contribution in [3.05, 3.63) is 35.6 Å². The second kappa shape index (κ2) is 8.43. The maximum absolute atomic E-state index is 12.8. The summed E-state index contributed by atoms with van der Waals surface area (Å²) in [7, 11) is 0. The van der Waals surface area contributed by atoms with Gasteiger partial charge < -0.3 is 10.2 Å². The summed E-state index contributed by atoms with van der Waals surface area (Å²) in [6.45, 7) is 5.22. The number of piperazine rings is 1. The number of rotatable bonds is 7. The van der Waals surface area contributed by atoms with Gasteiger partial charge >= 0.3 is 0 Å². The molecular weight excluding hydrogens is 321 g/mol. The third-order valence-electron chi connectivity index (χ3n) is 4.90. The van der Waals surface area contributed by atoms with Crippen LogP contribution in [0.5, 0.6) is 0 Å². The first kappa shape index (κ1) is 17.9. The fraction of sp³-hybridized carbons (Fsp3) is 0.579. The highest BCUT2D eigenvalue weighted by atomic mass is 19.1. The Balaban J connectivity index is 1.30. The molecule has 3 rings (SSSR count). The lowest BCUT2D eigenvalue weighted by atomic mass is 10.2. The fourth-order valence-corrected chi connectivity index (χ4v) is 3.15. The maximum Gasteiger partial charge on any atom is 0.251 e. The molecule has 1 aliphatic carbocycles. The summed E-state index contributed by atoms with van der Waals surface area (Å²) in [5.41, 5.74) is 0.430. The van der Waals surface area contributed by atoms with Crippen LogP contribution in [0.15, 0.2) is 24.3 Å². The second-order valence-electron chi connectivity index (χ2n) is 6.99. The Morgan fingerprint density at radius 1 is 1.08 bits per heavy atom. The van der Waals surface area contributed by atoms with Crippen molar-refractivity contribution in [3.8, 4) is 0 Å². The summed E-state index contributed by atoms with van der Waals surface area (Å²) in [5, 5.41) is 2.77. The summed E-state index contributed by atoms with van der Waals surface area (Å²) in [4.78, 5) is 28.5. The van der Waals surface area contributed by atoms with Crippen molar-refractivity contribution in [2.24, 2.45) is 5.92 Å². The Bertz CT molecular complexity index is 593. The van der Waals surface area contributed by atoms with Gasteiger partial charge in [-0.2, -0.15) is 0 Å². The summed E-state index contributed by atoms with van der Waals surface area (Å²) < 4.78 is 12.8. The van der Waals surface area contributed by atoms with Gasteiger partial charge in [0, 0.05) is 51.3 Å². The topological polar surface area (TPSA) is 52.7 Å². The number of carbonyl (C=O) groups is 2. The number of halogens is 1. The van der Waals surface area contributed by atoms with Gasteiger partial charge in [0.15, 0.2) is 0 Å². The number of carbonyl (C=O) groups excluding carboxylic acids is 2. The molecule has 0 spiro atoms. The number of benzene rings is 1. The van der Waals surface area contributed by atoms with Gasteiger partial charge in [0.05, 0.1) is 0 Å². The van der Waals surface area contributed by atoms with Gasteiger partial charge in [-0.25, -0.2) is 4.39 Å². The minimum atomic E-state index is -0.362. The molecule has 1 aromatic rings. The van der Waals surface area contributed by atoms with Crippen LogP contribution in [0, 0.1) is 11.7 Å². The van der Waals surface area contributed by atoms with Gasteiger partial charge in [-0.05, 0) is 49.4 Å².